The highest BCUT2D eigenvalue weighted by Crippen LogP contribution is 2.24. The van der Waals surface area contributed by atoms with Gasteiger partial charge in [0.15, 0.2) is 9.84 Å². The molecule has 2 fully saturated rings. The van der Waals surface area contributed by atoms with Crippen LogP contribution in [0, 0.1) is 20.8 Å². The highest BCUT2D eigenvalue weighted by molar-refractivity contribution is 7.91. The maximum Gasteiger partial charge on any atom is 0.255 e. The maximum absolute atomic E-state index is 13.2. The minimum atomic E-state index is -2.88. The van der Waals surface area contributed by atoms with Gasteiger partial charge in [0.25, 0.3) is 5.91 Å². The zero-order valence-corrected chi connectivity index (χ0v) is 18.2. The van der Waals surface area contributed by atoms with Crippen LogP contribution < -0.4 is 0 Å². The maximum atomic E-state index is 13.2. The number of aryl methyl sites for hydroxylation is 2. The molecule has 2 aliphatic heterocycles. The second-order valence-corrected chi connectivity index (χ2v) is 10.6. The van der Waals surface area contributed by atoms with E-state index < -0.39 is 9.84 Å². The fourth-order valence-electron chi connectivity index (χ4n) is 4.67. The van der Waals surface area contributed by atoms with Gasteiger partial charge in [0.05, 0.1) is 17.1 Å². The quantitative estimate of drug-likeness (QED) is 0.772. The lowest BCUT2D eigenvalue weighted by Gasteiger charge is -2.37. The summed E-state index contributed by atoms with van der Waals surface area (Å²) in [5.41, 5.74) is 5.02. The summed E-state index contributed by atoms with van der Waals surface area (Å²) in [6, 6.07) is 10.4. The summed E-state index contributed by atoms with van der Waals surface area (Å²) in [5, 5.41) is 0. The molecular weight excluding hydrogens is 386 g/mol. The molecule has 2 saturated heterocycles. The Labute approximate surface area is 173 Å². The average molecular weight is 416 g/mol. The van der Waals surface area contributed by atoms with E-state index in [-0.39, 0.29) is 17.7 Å². The number of amides is 1. The van der Waals surface area contributed by atoms with Gasteiger partial charge in [0.2, 0.25) is 0 Å². The first-order chi connectivity index (χ1) is 13.7. The molecule has 2 aliphatic rings. The molecule has 0 bridgehead atoms. The van der Waals surface area contributed by atoms with Crippen LogP contribution in [0.25, 0.3) is 5.69 Å². The van der Waals surface area contributed by atoms with Crippen molar-refractivity contribution < 1.29 is 13.2 Å². The Bertz CT molecular complexity index is 1030. The van der Waals surface area contributed by atoms with Gasteiger partial charge in [-0.1, -0.05) is 12.1 Å². The summed E-state index contributed by atoms with van der Waals surface area (Å²) in [7, 11) is -2.88. The summed E-state index contributed by atoms with van der Waals surface area (Å²) in [4.78, 5) is 17.4. The Kier molecular flexibility index (Phi) is 5.29. The largest absolute Gasteiger partial charge is 0.336 e. The van der Waals surface area contributed by atoms with Crippen LogP contribution in [0.3, 0.4) is 0 Å². The van der Waals surface area contributed by atoms with Gasteiger partial charge in [-0.25, -0.2) is 8.42 Å². The van der Waals surface area contributed by atoms with Gasteiger partial charge in [-0.3, -0.25) is 9.69 Å². The first-order valence-corrected chi connectivity index (χ1v) is 12.1. The predicted octanol–water partition coefficient (Wildman–Crippen LogP) is 2.35. The highest BCUT2D eigenvalue weighted by atomic mass is 32.2. The molecule has 1 atom stereocenters. The van der Waals surface area contributed by atoms with Crippen LogP contribution in [-0.2, 0) is 9.84 Å². The number of carbonyl (C=O) groups excluding carboxylic acids is 1. The molecule has 1 aromatic carbocycles. The van der Waals surface area contributed by atoms with Crippen molar-refractivity contribution in [3.05, 3.63) is 52.8 Å². The lowest BCUT2D eigenvalue weighted by Crippen LogP contribution is -2.52. The van der Waals surface area contributed by atoms with Crippen LogP contribution in [0.4, 0.5) is 0 Å². The Morgan fingerprint density at radius 3 is 2.38 bits per heavy atom. The number of piperazine rings is 1. The Morgan fingerprint density at radius 2 is 1.76 bits per heavy atom. The molecule has 0 spiro atoms. The van der Waals surface area contributed by atoms with Crippen molar-refractivity contribution in [1.82, 2.24) is 14.4 Å². The van der Waals surface area contributed by atoms with Crippen LogP contribution in [0.5, 0.6) is 0 Å². The van der Waals surface area contributed by atoms with Gasteiger partial charge in [-0.15, -0.1) is 0 Å². The first kappa shape index (κ1) is 20.2. The number of benzene rings is 1. The van der Waals surface area contributed by atoms with Gasteiger partial charge >= 0.3 is 0 Å². The third-order valence-corrected chi connectivity index (χ3v) is 8.00. The van der Waals surface area contributed by atoms with Gasteiger partial charge in [0.1, 0.15) is 0 Å². The Morgan fingerprint density at radius 1 is 1.03 bits per heavy atom. The standard InChI is InChI=1S/C22H29N3O3S/c1-16-5-4-6-19(13-16)25-17(2)14-21(18(25)3)22(26)24-10-8-23(9-11-24)20-7-12-29(27,28)15-20/h4-6,13-14,20H,7-12,15H2,1-3H3. The van der Waals surface area contributed by atoms with Gasteiger partial charge in [-0.2, -0.15) is 0 Å². The molecule has 4 rings (SSSR count). The summed E-state index contributed by atoms with van der Waals surface area (Å²) in [6.07, 6.45) is 0.716. The number of sulfone groups is 1. The minimum absolute atomic E-state index is 0.0655. The molecule has 0 saturated carbocycles. The molecule has 6 nitrogen and oxygen atoms in total. The molecule has 156 valence electrons. The first-order valence-electron chi connectivity index (χ1n) is 10.2. The van der Waals surface area contributed by atoms with E-state index in [1.807, 2.05) is 30.9 Å². The van der Waals surface area contributed by atoms with Crippen molar-refractivity contribution in [2.75, 3.05) is 37.7 Å². The molecule has 3 heterocycles. The highest BCUT2D eigenvalue weighted by Gasteiger charge is 2.34. The molecule has 1 amide bonds. The number of carbonyl (C=O) groups is 1. The minimum Gasteiger partial charge on any atom is -0.336 e. The summed E-state index contributed by atoms with van der Waals surface area (Å²) >= 11 is 0. The molecule has 0 aliphatic carbocycles. The topological polar surface area (TPSA) is 62.6 Å². The number of hydrogen-bond donors (Lipinski definition) is 0. The van der Waals surface area contributed by atoms with Crippen LogP contribution in [0.2, 0.25) is 0 Å². The van der Waals surface area contributed by atoms with E-state index in [9.17, 15) is 13.2 Å². The second-order valence-electron chi connectivity index (χ2n) is 8.34. The molecule has 2 aromatic rings. The number of nitrogens with zero attached hydrogens (tertiary/aromatic N) is 3. The van der Waals surface area contributed by atoms with Crippen molar-refractivity contribution in [1.29, 1.82) is 0 Å². The Balaban J connectivity index is 1.48. The molecule has 7 heteroatoms. The van der Waals surface area contributed by atoms with E-state index in [1.165, 1.54) is 5.56 Å². The number of hydrogen-bond acceptors (Lipinski definition) is 4. The third kappa shape index (κ3) is 3.98. The van der Waals surface area contributed by atoms with E-state index in [1.54, 1.807) is 0 Å². The van der Waals surface area contributed by atoms with Gasteiger partial charge in [0, 0.05) is 49.3 Å². The van der Waals surface area contributed by atoms with Crippen molar-refractivity contribution in [2.24, 2.45) is 0 Å². The second kappa shape index (κ2) is 7.61. The van der Waals surface area contributed by atoms with Crippen LogP contribution in [0.1, 0.15) is 33.7 Å². The monoisotopic (exact) mass is 415 g/mol. The normalized spacial score (nSPS) is 22.2. The van der Waals surface area contributed by atoms with Crippen molar-refractivity contribution >= 4 is 15.7 Å². The summed E-state index contributed by atoms with van der Waals surface area (Å²) in [5.74, 6) is 0.621. The zero-order valence-electron chi connectivity index (χ0n) is 17.4. The summed E-state index contributed by atoms with van der Waals surface area (Å²) < 4.78 is 25.7. The number of rotatable bonds is 3. The molecule has 1 aromatic heterocycles. The molecule has 1 unspecified atom stereocenters. The van der Waals surface area contributed by atoms with E-state index in [2.05, 4.69) is 34.6 Å². The van der Waals surface area contributed by atoms with E-state index in [4.69, 9.17) is 0 Å². The Hall–Kier alpha value is -2.12. The molecular formula is C22H29N3O3S. The average Bonchev–Trinajstić information content (AvgIpc) is 3.19. The SMILES string of the molecule is Cc1cccc(-n2c(C)cc(C(=O)N3CCN(C4CCS(=O)(=O)C4)CC3)c2C)c1. The van der Waals surface area contributed by atoms with Crippen molar-refractivity contribution in [2.45, 2.75) is 33.2 Å². The van der Waals surface area contributed by atoms with Crippen LogP contribution in [-0.4, -0.2) is 72.4 Å². The van der Waals surface area contributed by atoms with Gasteiger partial charge < -0.3 is 9.47 Å². The fourth-order valence-corrected chi connectivity index (χ4v) is 6.43. The fraction of sp³-hybridized carbons (Fsp3) is 0.500. The summed E-state index contributed by atoms with van der Waals surface area (Å²) in [6.45, 7) is 8.86. The predicted molar refractivity (Wildman–Crippen MR) is 115 cm³/mol. The van der Waals surface area contributed by atoms with Gasteiger partial charge in [-0.05, 0) is 51.0 Å². The molecule has 0 radical (unpaired) electrons. The lowest BCUT2D eigenvalue weighted by molar-refractivity contribution is 0.0587. The van der Waals surface area contributed by atoms with E-state index >= 15 is 0 Å². The number of aromatic nitrogens is 1. The lowest BCUT2D eigenvalue weighted by atomic mass is 10.1. The zero-order chi connectivity index (χ0) is 20.8. The molecule has 29 heavy (non-hydrogen) atoms. The van der Waals surface area contributed by atoms with E-state index in [0.717, 1.165) is 35.7 Å². The smallest absolute Gasteiger partial charge is 0.255 e. The van der Waals surface area contributed by atoms with E-state index in [0.29, 0.717) is 25.3 Å². The van der Waals surface area contributed by atoms with Crippen molar-refractivity contribution in [3.8, 4) is 5.69 Å². The van der Waals surface area contributed by atoms with Crippen molar-refractivity contribution in [3.63, 3.8) is 0 Å². The third-order valence-electron chi connectivity index (χ3n) is 6.25. The molecule has 0 N–H and O–H groups in total. The van der Waals surface area contributed by atoms with Crippen LogP contribution in [0.15, 0.2) is 30.3 Å². The van der Waals surface area contributed by atoms with Crippen LogP contribution >= 0.6 is 0 Å².